The van der Waals surface area contributed by atoms with Gasteiger partial charge in [0, 0.05) is 36.2 Å². The van der Waals surface area contributed by atoms with Gasteiger partial charge in [0.2, 0.25) is 0 Å². The van der Waals surface area contributed by atoms with Crippen molar-refractivity contribution in [1.82, 2.24) is 30.5 Å². The van der Waals surface area contributed by atoms with E-state index in [9.17, 15) is 0 Å². The average molecular weight is 304 g/mol. The monoisotopic (exact) mass is 304 g/mol. The van der Waals surface area contributed by atoms with Crippen LogP contribution in [0.1, 0.15) is 11.4 Å². The Morgan fingerprint density at radius 3 is 2.74 bits per heavy atom. The van der Waals surface area contributed by atoms with Crippen LogP contribution in [0.25, 0.3) is 11.3 Å². The maximum atomic E-state index is 4.24. The van der Waals surface area contributed by atoms with Gasteiger partial charge in [0.05, 0.1) is 5.70 Å². The molecular weight excluding hydrogens is 288 g/mol. The summed E-state index contributed by atoms with van der Waals surface area (Å²) in [6.07, 6.45) is 7.35. The standard InChI is InChI=1S/C17H16N6/c1-3-13-14(16-18-11-19-21-16)9-20-23-15(10-22(2)17(13)23)12-7-5-4-6-8-12/h3-11,20H,1H2,2H3,(H,18,19,21). The molecule has 114 valence electrons. The highest BCUT2D eigenvalue weighted by atomic mass is 15.6. The molecule has 1 aromatic heterocycles. The van der Waals surface area contributed by atoms with E-state index in [1.54, 1.807) is 0 Å². The van der Waals surface area contributed by atoms with Crippen LogP contribution in [0.3, 0.4) is 0 Å². The van der Waals surface area contributed by atoms with Crippen LogP contribution in [0.4, 0.5) is 0 Å². The van der Waals surface area contributed by atoms with Gasteiger partial charge in [-0.2, -0.15) is 5.10 Å². The number of allylic oxidation sites excluding steroid dienone is 3. The SMILES string of the molecule is C=CC1=C2N(C)C=C(c3ccccc3)N2NC=C1c1ncn[nH]1. The van der Waals surface area contributed by atoms with Gasteiger partial charge in [0.1, 0.15) is 12.1 Å². The van der Waals surface area contributed by atoms with Crippen LogP contribution in [0.5, 0.6) is 0 Å². The Bertz CT molecular complexity index is 829. The molecule has 4 rings (SSSR count). The van der Waals surface area contributed by atoms with E-state index in [0.29, 0.717) is 5.82 Å². The summed E-state index contributed by atoms with van der Waals surface area (Å²) >= 11 is 0. The predicted octanol–water partition coefficient (Wildman–Crippen LogP) is 2.31. The number of rotatable bonds is 3. The topological polar surface area (TPSA) is 60.1 Å². The van der Waals surface area contributed by atoms with Crippen LogP contribution in [-0.2, 0) is 0 Å². The summed E-state index contributed by atoms with van der Waals surface area (Å²) in [5.41, 5.74) is 7.47. The molecule has 1 aromatic carbocycles. The highest BCUT2D eigenvalue weighted by Crippen LogP contribution is 2.38. The number of hydrazine groups is 1. The van der Waals surface area contributed by atoms with Crippen LogP contribution in [0.2, 0.25) is 0 Å². The third-order valence-corrected chi connectivity index (χ3v) is 3.92. The summed E-state index contributed by atoms with van der Waals surface area (Å²) in [6, 6.07) is 10.3. The minimum absolute atomic E-state index is 0.709. The summed E-state index contributed by atoms with van der Waals surface area (Å²) in [6.45, 7) is 3.97. The minimum atomic E-state index is 0.709. The van der Waals surface area contributed by atoms with Crippen LogP contribution in [-0.4, -0.2) is 32.1 Å². The third kappa shape index (κ3) is 2.03. The second-order valence-electron chi connectivity index (χ2n) is 5.29. The summed E-state index contributed by atoms with van der Waals surface area (Å²) < 4.78 is 0. The Morgan fingerprint density at radius 1 is 1.22 bits per heavy atom. The Balaban J connectivity index is 1.80. The summed E-state index contributed by atoms with van der Waals surface area (Å²) in [7, 11) is 2.02. The molecule has 2 aromatic rings. The zero-order valence-electron chi connectivity index (χ0n) is 12.7. The lowest BCUT2D eigenvalue weighted by Crippen LogP contribution is -2.36. The lowest BCUT2D eigenvalue weighted by Gasteiger charge is -2.31. The number of hydrogen-bond donors (Lipinski definition) is 2. The number of nitrogens with zero attached hydrogens (tertiary/aromatic N) is 4. The fraction of sp³-hybridized carbons (Fsp3) is 0.0588. The van der Waals surface area contributed by atoms with Crippen LogP contribution in [0.15, 0.2) is 73.1 Å². The van der Waals surface area contributed by atoms with Gasteiger partial charge in [0.25, 0.3) is 0 Å². The van der Waals surface area contributed by atoms with Gasteiger partial charge in [-0.1, -0.05) is 43.0 Å². The number of aromatic nitrogens is 3. The fourth-order valence-corrected chi connectivity index (χ4v) is 2.89. The lowest BCUT2D eigenvalue weighted by molar-refractivity contribution is 0.348. The molecule has 2 N–H and O–H groups in total. The molecule has 0 unspecified atom stereocenters. The fourth-order valence-electron chi connectivity index (χ4n) is 2.89. The second kappa shape index (κ2) is 5.17. The Hall–Kier alpha value is -3.28. The van der Waals surface area contributed by atoms with Gasteiger partial charge in [-0.25, -0.2) is 9.99 Å². The van der Waals surface area contributed by atoms with Gasteiger partial charge < -0.3 is 4.90 Å². The zero-order valence-corrected chi connectivity index (χ0v) is 12.7. The number of nitrogens with one attached hydrogen (secondary N) is 2. The van der Waals surface area contributed by atoms with Crippen molar-refractivity contribution in [3.63, 3.8) is 0 Å². The van der Waals surface area contributed by atoms with Crippen LogP contribution < -0.4 is 5.43 Å². The summed E-state index contributed by atoms with van der Waals surface area (Å²) in [4.78, 5) is 6.32. The van der Waals surface area contributed by atoms with Crippen molar-refractivity contribution in [3.05, 3.63) is 84.5 Å². The van der Waals surface area contributed by atoms with Gasteiger partial charge in [-0.05, 0) is 0 Å². The Labute approximate surface area is 134 Å². The van der Waals surface area contributed by atoms with E-state index in [2.05, 4.69) is 50.4 Å². The van der Waals surface area contributed by atoms with Crippen molar-refractivity contribution in [3.8, 4) is 0 Å². The number of H-pyrrole nitrogens is 1. The first-order chi connectivity index (χ1) is 11.3. The van der Waals surface area contributed by atoms with E-state index in [1.165, 1.54) is 6.33 Å². The normalized spacial score (nSPS) is 16.7. The third-order valence-electron chi connectivity index (χ3n) is 3.92. The van der Waals surface area contributed by atoms with Gasteiger partial charge in [-0.3, -0.25) is 10.5 Å². The molecular formula is C17H16N6. The van der Waals surface area contributed by atoms with Gasteiger partial charge in [0.15, 0.2) is 5.82 Å². The molecule has 2 aliphatic heterocycles. The van der Waals surface area contributed by atoms with Crippen molar-refractivity contribution in [2.75, 3.05) is 7.05 Å². The molecule has 0 saturated heterocycles. The van der Waals surface area contributed by atoms with Gasteiger partial charge >= 0.3 is 0 Å². The summed E-state index contributed by atoms with van der Waals surface area (Å²) in [5, 5.41) is 8.88. The van der Waals surface area contributed by atoms with E-state index in [1.807, 2.05) is 42.5 Å². The highest BCUT2D eigenvalue weighted by Gasteiger charge is 2.32. The number of benzene rings is 1. The molecule has 0 fully saturated rings. The van der Waals surface area contributed by atoms with Crippen molar-refractivity contribution < 1.29 is 0 Å². The molecule has 23 heavy (non-hydrogen) atoms. The number of aromatic amines is 1. The van der Waals surface area contributed by atoms with Crippen LogP contribution >= 0.6 is 0 Å². The van der Waals surface area contributed by atoms with E-state index in [0.717, 1.165) is 28.2 Å². The van der Waals surface area contributed by atoms with E-state index >= 15 is 0 Å². The van der Waals surface area contributed by atoms with E-state index in [-0.39, 0.29) is 0 Å². The molecule has 0 amide bonds. The first-order valence-corrected chi connectivity index (χ1v) is 7.29. The number of fused-ring (bicyclic) bond motifs is 1. The van der Waals surface area contributed by atoms with E-state index in [4.69, 9.17) is 0 Å². The minimum Gasteiger partial charge on any atom is -0.333 e. The maximum absolute atomic E-state index is 4.24. The smallest absolute Gasteiger partial charge is 0.157 e. The molecule has 6 nitrogen and oxygen atoms in total. The molecule has 3 heterocycles. The molecule has 0 aliphatic carbocycles. The predicted molar refractivity (Wildman–Crippen MR) is 88.7 cm³/mol. The largest absolute Gasteiger partial charge is 0.333 e. The van der Waals surface area contributed by atoms with Crippen LogP contribution in [0, 0.1) is 0 Å². The highest BCUT2D eigenvalue weighted by molar-refractivity contribution is 5.82. The molecule has 6 heteroatoms. The van der Waals surface area contributed by atoms with E-state index < -0.39 is 0 Å². The molecule has 0 atom stereocenters. The Morgan fingerprint density at radius 2 is 2.04 bits per heavy atom. The zero-order chi connectivity index (χ0) is 15.8. The molecule has 0 saturated carbocycles. The van der Waals surface area contributed by atoms with Crippen molar-refractivity contribution in [2.45, 2.75) is 0 Å². The van der Waals surface area contributed by atoms with Crippen molar-refractivity contribution >= 4 is 11.3 Å². The molecule has 0 radical (unpaired) electrons. The first kappa shape index (κ1) is 13.4. The van der Waals surface area contributed by atoms with Crippen molar-refractivity contribution in [2.24, 2.45) is 0 Å². The average Bonchev–Trinajstić information content (AvgIpc) is 3.23. The molecule has 2 aliphatic rings. The quantitative estimate of drug-likeness (QED) is 0.911. The lowest BCUT2D eigenvalue weighted by atomic mass is 10.0. The molecule has 0 spiro atoms. The second-order valence-corrected chi connectivity index (χ2v) is 5.29. The Kier molecular flexibility index (Phi) is 3.01. The maximum Gasteiger partial charge on any atom is 0.157 e. The number of hydrogen-bond acceptors (Lipinski definition) is 5. The summed E-state index contributed by atoms with van der Waals surface area (Å²) in [5.74, 6) is 1.72. The van der Waals surface area contributed by atoms with Crippen molar-refractivity contribution in [1.29, 1.82) is 0 Å². The van der Waals surface area contributed by atoms with Gasteiger partial charge in [-0.15, -0.1) is 0 Å². The first-order valence-electron chi connectivity index (χ1n) is 7.29. The molecule has 0 bridgehead atoms.